The number of carbonyl (C=O) groups excluding carboxylic acids is 1. The highest BCUT2D eigenvalue weighted by molar-refractivity contribution is 6.03. The number of hydrogen-bond acceptors (Lipinski definition) is 1. The van der Waals surface area contributed by atoms with Crippen LogP contribution in [0, 0.1) is 19.8 Å². The molecule has 1 N–H and O–H groups in total. The van der Waals surface area contributed by atoms with Gasteiger partial charge < -0.3 is 5.32 Å². The first-order valence-electron chi connectivity index (χ1n) is 5.42. The number of nitrogens with one attached hydrogen (secondary N) is 1. The second kappa shape index (κ2) is 3.37. The molecule has 1 unspecified atom stereocenters. The van der Waals surface area contributed by atoms with Gasteiger partial charge in [0.25, 0.3) is 0 Å². The Hall–Kier alpha value is -1.31. The molecule has 2 heteroatoms. The fourth-order valence-corrected chi connectivity index (χ4v) is 2.47. The Kier molecular flexibility index (Phi) is 2.29. The highest BCUT2D eigenvalue weighted by Crippen LogP contribution is 2.39. The molecule has 2 nitrogen and oxygen atoms in total. The molecule has 0 saturated carbocycles. The molecule has 0 radical (unpaired) electrons. The van der Waals surface area contributed by atoms with Crippen LogP contribution in [0.1, 0.15) is 36.5 Å². The number of aryl methyl sites for hydroxylation is 2. The van der Waals surface area contributed by atoms with Crippen LogP contribution in [0.5, 0.6) is 0 Å². The molecule has 1 aromatic rings. The topological polar surface area (TPSA) is 29.1 Å². The maximum absolute atomic E-state index is 11.8. The van der Waals surface area contributed by atoms with Crippen molar-refractivity contribution in [2.75, 3.05) is 5.32 Å². The van der Waals surface area contributed by atoms with E-state index in [-0.39, 0.29) is 11.8 Å². The third-order valence-electron chi connectivity index (χ3n) is 3.05. The van der Waals surface area contributed by atoms with Crippen molar-refractivity contribution in [3.05, 3.63) is 28.8 Å². The van der Waals surface area contributed by atoms with Gasteiger partial charge >= 0.3 is 0 Å². The summed E-state index contributed by atoms with van der Waals surface area (Å²) in [4.78, 5) is 11.8. The minimum absolute atomic E-state index is 0.0283. The summed E-state index contributed by atoms with van der Waals surface area (Å²) in [7, 11) is 0. The average molecular weight is 203 g/mol. The van der Waals surface area contributed by atoms with Gasteiger partial charge in [0.15, 0.2) is 0 Å². The van der Waals surface area contributed by atoms with Crippen molar-refractivity contribution in [3.63, 3.8) is 0 Å². The van der Waals surface area contributed by atoms with Gasteiger partial charge in [-0.3, -0.25) is 4.79 Å². The highest BCUT2D eigenvalue weighted by Gasteiger charge is 2.34. The number of amides is 1. The molecule has 0 fully saturated rings. The smallest absolute Gasteiger partial charge is 0.232 e. The second-order valence-electron chi connectivity index (χ2n) is 4.75. The van der Waals surface area contributed by atoms with Gasteiger partial charge in [-0.15, -0.1) is 0 Å². The van der Waals surface area contributed by atoms with Gasteiger partial charge in [-0.05, 0) is 42.5 Å². The normalized spacial score (nSPS) is 19.3. The van der Waals surface area contributed by atoms with Crippen LogP contribution in [0.3, 0.4) is 0 Å². The standard InChI is InChI=1S/C13H17NO/c1-7(2)11-12-9(4)5-8(3)6-10(12)14-13(11)15/h5-7,11H,1-4H3,(H,14,15). The highest BCUT2D eigenvalue weighted by atomic mass is 16.2. The maximum Gasteiger partial charge on any atom is 0.232 e. The van der Waals surface area contributed by atoms with Gasteiger partial charge in [0.05, 0.1) is 5.92 Å². The Morgan fingerprint density at radius 2 is 1.93 bits per heavy atom. The van der Waals surface area contributed by atoms with Crippen molar-refractivity contribution in [2.24, 2.45) is 5.92 Å². The minimum Gasteiger partial charge on any atom is -0.325 e. The van der Waals surface area contributed by atoms with Crippen LogP contribution in [-0.4, -0.2) is 5.91 Å². The Balaban J connectivity index is 2.58. The van der Waals surface area contributed by atoms with Gasteiger partial charge in [-0.1, -0.05) is 19.9 Å². The summed E-state index contributed by atoms with van der Waals surface area (Å²) >= 11 is 0. The molecule has 0 aliphatic carbocycles. The zero-order valence-corrected chi connectivity index (χ0v) is 9.72. The zero-order valence-electron chi connectivity index (χ0n) is 9.72. The monoisotopic (exact) mass is 203 g/mol. The lowest BCUT2D eigenvalue weighted by Gasteiger charge is -2.15. The van der Waals surface area contributed by atoms with Gasteiger partial charge in [-0.2, -0.15) is 0 Å². The van der Waals surface area contributed by atoms with E-state index in [2.05, 4.69) is 45.1 Å². The Bertz CT molecular complexity index is 421. The summed E-state index contributed by atoms with van der Waals surface area (Å²) in [5.74, 6) is 0.530. The Labute approximate surface area is 90.7 Å². The molecule has 15 heavy (non-hydrogen) atoms. The Morgan fingerprint density at radius 1 is 1.27 bits per heavy atom. The van der Waals surface area contributed by atoms with E-state index in [1.54, 1.807) is 0 Å². The van der Waals surface area contributed by atoms with Crippen LogP contribution in [0.25, 0.3) is 0 Å². The molecule has 0 bridgehead atoms. The van der Waals surface area contributed by atoms with Crippen LogP contribution in [0.15, 0.2) is 12.1 Å². The average Bonchev–Trinajstić information content (AvgIpc) is 2.40. The number of hydrogen-bond donors (Lipinski definition) is 1. The van der Waals surface area contributed by atoms with Crippen LogP contribution in [-0.2, 0) is 4.79 Å². The predicted octanol–water partition coefficient (Wildman–Crippen LogP) is 3.00. The van der Waals surface area contributed by atoms with Crippen molar-refractivity contribution >= 4 is 11.6 Å². The number of carbonyl (C=O) groups is 1. The summed E-state index contributed by atoms with van der Waals surface area (Å²) < 4.78 is 0. The molecule has 1 aromatic carbocycles. The molecule has 1 atom stereocenters. The van der Waals surface area contributed by atoms with Crippen molar-refractivity contribution in [1.82, 2.24) is 0 Å². The summed E-state index contributed by atoms with van der Waals surface area (Å²) in [5, 5.41) is 2.97. The summed E-state index contributed by atoms with van der Waals surface area (Å²) in [6.07, 6.45) is 0. The van der Waals surface area contributed by atoms with Crippen molar-refractivity contribution in [3.8, 4) is 0 Å². The van der Waals surface area contributed by atoms with E-state index >= 15 is 0 Å². The lowest BCUT2D eigenvalue weighted by molar-refractivity contribution is -0.117. The molecule has 2 rings (SSSR count). The first kappa shape index (κ1) is 10.2. The molecular formula is C13H17NO. The van der Waals surface area contributed by atoms with Crippen molar-refractivity contribution in [1.29, 1.82) is 0 Å². The van der Waals surface area contributed by atoms with E-state index in [1.165, 1.54) is 16.7 Å². The number of anilines is 1. The lowest BCUT2D eigenvalue weighted by Crippen LogP contribution is -2.17. The molecule has 0 spiro atoms. The van der Waals surface area contributed by atoms with Crippen LogP contribution < -0.4 is 5.32 Å². The van der Waals surface area contributed by atoms with E-state index in [4.69, 9.17) is 0 Å². The van der Waals surface area contributed by atoms with Gasteiger partial charge in [-0.25, -0.2) is 0 Å². The fourth-order valence-electron chi connectivity index (χ4n) is 2.47. The van der Waals surface area contributed by atoms with Gasteiger partial charge in [0.1, 0.15) is 0 Å². The molecular weight excluding hydrogens is 186 g/mol. The van der Waals surface area contributed by atoms with E-state index < -0.39 is 0 Å². The summed E-state index contributed by atoms with van der Waals surface area (Å²) in [6.45, 7) is 8.33. The number of rotatable bonds is 1. The summed E-state index contributed by atoms with van der Waals surface area (Å²) in [5.41, 5.74) is 4.63. The van der Waals surface area contributed by atoms with Gasteiger partial charge in [0.2, 0.25) is 5.91 Å². The van der Waals surface area contributed by atoms with Crippen molar-refractivity contribution in [2.45, 2.75) is 33.6 Å². The van der Waals surface area contributed by atoms with E-state index in [0.29, 0.717) is 5.92 Å². The largest absolute Gasteiger partial charge is 0.325 e. The van der Waals surface area contributed by atoms with E-state index in [9.17, 15) is 4.79 Å². The van der Waals surface area contributed by atoms with Crippen LogP contribution in [0.2, 0.25) is 0 Å². The molecule has 1 aliphatic rings. The fraction of sp³-hybridized carbons (Fsp3) is 0.462. The first-order chi connectivity index (χ1) is 7.00. The van der Waals surface area contributed by atoms with Crippen molar-refractivity contribution < 1.29 is 4.79 Å². The quantitative estimate of drug-likeness (QED) is 0.747. The molecule has 1 aliphatic heterocycles. The Morgan fingerprint density at radius 3 is 2.53 bits per heavy atom. The summed E-state index contributed by atoms with van der Waals surface area (Å²) in [6, 6.07) is 4.21. The third kappa shape index (κ3) is 1.54. The zero-order chi connectivity index (χ0) is 11.2. The van der Waals surface area contributed by atoms with Gasteiger partial charge in [0, 0.05) is 5.69 Å². The predicted molar refractivity (Wildman–Crippen MR) is 62.1 cm³/mol. The molecule has 80 valence electrons. The maximum atomic E-state index is 11.8. The minimum atomic E-state index is 0.0283. The lowest BCUT2D eigenvalue weighted by atomic mass is 9.86. The molecule has 0 aromatic heterocycles. The first-order valence-corrected chi connectivity index (χ1v) is 5.42. The van der Waals surface area contributed by atoms with E-state index in [0.717, 1.165) is 5.69 Å². The van der Waals surface area contributed by atoms with Crippen LogP contribution in [0.4, 0.5) is 5.69 Å². The molecule has 1 amide bonds. The third-order valence-corrected chi connectivity index (χ3v) is 3.05. The number of benzene rings is 1. The molecule has 1 heterocycles. The SMILES string of the molecule is Cc1cc(C)c2c(c1)NC(=O)C2C(C)C. The van der Waals surface area contributed by atoms with Crippen LogP contribution >= 0.6 is 0 Å². The van der Waals surface area contributed by atoms with E-state index in [1.807, 2.05) is 0 Å². The molecule has 0 saturated heterocycles. The number of fused-ring (bicyclic) bond motifs is 1. The second-order valence-corrected chi connectivity index (χ2v) is 4.75.